The molecule has 2 saturated heterocycles. The Hall–Kier alpha value is -1.79. The van der Waals surface area contributed by atoms with Gasteiger partial charge in [-0.05, 0) is 49.1 Å². The first kappa shape index (κ1) is 21.4. The van der Waals surface area contributed by atoms with E-state index in [1.807, 2.05) is 4.90 Å². The molecule has 2 heterocycles. The molecule has 2 bridgehead atoms. The average molecular weight is 452 g/mol. The molecule has 1 aromatic rings. The number of urea groups is 1. The fourth-order valence-corrected chi connectivity index (χ4v) is 6.49. The summed E-state index contributed by atoms with van der Waals surface area (Å²) >= 11 is 12.3. The van der Waals surface area contributed by atoms with Crippen LogP contribution in [0.5, 0.6) is 0 Å². The fraction of sp³-hybridized carbons (Fsp3) is 0.591. The van der Waals surface area contributed by atoms with Crippen molar-refractivity contribution >= 4 is 41.0 Å². The zero-order valence-corrected chi connectivity index (χ0v) is 19.2. The highest BCUT2D eigenvalue weighted by Crippen LogP contribution is 2.52. The number of nitrogens with one attached hydrogen (secondary N) is 1. The second-order valence-electron chi connectivity index (χ2n) is 10.3. The smallest absolute Gasteiger partial charge is 0.325 e. The van der Waals surface area contributed by atoms with E-state index in [4.69, 9.17) is 23.2 Å². The maximum Gasteiger partial charge on any atom is 0.325 e. The number of amides is 4. The molecule has 4 rings (SSSR count). The number of hydrogen-bond acceptors (Lipinski definition) is 3. The van der Waals surface area contributed by atoms with Crippen molar-refractivity contribution in [3.8, 4) is 0 Å². The van der Waals surface area contributed by atoms with Crippen LogP contribution in [0, 0.1) is 10.8 Å². The third-order valence-corrected chi connectivity index (χ3v) is 7.32. The summed E-state index contributed by atoms with van der Waals surface area (Å²) < 4.78 is 0. The molecule has 1 aliphatic carbocycles. The van der Waals surface area contributed by atoms with Gasteiger partial charge < -0.3 is 10.2 Å². The number of rotatable bonds is 3. The Labute approximate surface area is 186 Å². The Morgan fingerprint density at radius 3 is 2.53 bits per heavy atom. The standard InChI is InChI=1S/C22H27Cl2N3O3/c1-20(2)8-14-9-21(3,11-20)12-27(14)17(28)10-26-18(29)22(4,25-19(26)30)15-6-5-13(23)7-16(15)24/h5-7,14H,8-12H2,1-4H3,(H,25,30)/t14-,21+,22-/m0/s1. The van der Waals surface area contributed by atoms with Crippen molar-refractivity contribution in [2.24, 2.45) is 10.8 Å². The van der Waals surface area contributed by atoms with Crippen LogP contribution < -0.4 is 5.32 Å². The van der Waals surface area contributed by atoms with Gasteiger partial charge in [-0.15, -0.1) is 0 Å². The van der Waals surface area contributed by atoms with Gasteiger partial charge >= 0.3 is 6.03 Å². The van der Waals surface area contributed by atoms with Crippen LogP contribution in [0.4, 0.5) is 4.79 Å². The Bertz CT molecular complexity index is 950. The highest BCUT2D eigenvalue weighted by molar-refractivity contribution is 6.35. The Morgan fingerprint density at radius 2 is 1.87 bits per heavy atom. The molecular formula is C22H27Cl2N3O3. The number of halogens is 2. The Kier molecular flexibility index (Phi) is 4.90. The van der Waals surface area contributed by atoms with E-state index in [9.17, 15) is 14.4 Å². The van der Waals surface area contributed by atoms with Crippen LogP contribution in [0.1, 0.15) is 52.5 Å². The maximum absolute atomic E-state index is 13.2. The molecule has 30 heavy (non-hydrogen) atoms. The van der Waals surface area contributed by atoms with Gasteiger partial charge in [0.15, 0.2) is 0 Å². The van der Waals surface area contributed by atoms with Gasteiger partial charge in [-0.3, -0.25) is 14.5 Å². The summed E-state index contributed by atoms with van der Waals surface area (Å²) in [6.45, 7) is 8.71. The molecule has 3 atom stereocenters. The number of fused-ring (bicyclic) bond motifs is 2. The lowest BCUT2D eigenvalue weighted by atomic mass is 9.65. The number of hydrogen-bond donors (Lipinski definition) is 1. The summed E-state index contributed by atoms with van der Waals surface area (Å²) in [4.78, 5) is 41.9. The molecular weight excluding hydrogens is 425 g/mol. The van der Waals surface area contributed by atoms with Crippen molar-refractivity contribution < 1.29 is 14.4 Å². The molecule has 1 saturated carbocycles. The number of nitrogens with zero attached hydrogens (tertiary/aromatic N) is 2. The van der Waals surface area contributed by atoms with Crippen LogP contribution in [-0.4, -0.2) is 46.8 Å². The maximum atomic E-state index is 13.2. The van der Waals surface area contributed by atoms with Gasteiger partial charge in [0, 0.05) is 28.2 Å². The minimum absolute atomic E-state index is 0.0880. The monoisotopic (exact) mass is 451 g/mol. The van der Waals surface area contributed by atoms with E-state index in [0.717, 1.165) is 24.2 Å². The van der Waals surface area contributed by atoms with E-state index in [2.05, 4.69) is 26.1 Å². The van der Waals surface area contributed by atoms with Gasteiger partial charge in [0.1, 0.15) is 12.1 Å². The first-order valence-corrected chi connectivity index (χ1v) is 11.0. The summed E-state index contributed by atoms with van der Waals surface area (Å²) in [5, 5.41) is 3.43. The average Bonchev–Trinajstić information content (AvgIpc) is 2.98. The van der Waals surface area contributed by atoms with Crippen LogP contribution in [0.3, 0.4) is 0 Å². The number of imide groups is 1. The van der Waals surface area contributed by atoms with Gasteiger partial charge in [0.05, 0.1) is 0 Å². The highest BCUT2D eigenvalue weighted by Gasteiger charge is 2.53. The van der Waals surface area contributed by atoms with Gasteiger partial charge in [0.25, 0.3) is 5.91 Å². The van der Waals surface area contributed by atoms with Crippen molar-refractivity contribution in [1.82, 2.24) is 15.1 Å². The molecule has 1 N–H and O–H groups in total. The molecule has 6 nitrogen and oxygen atoms in total. The highest BCUT2D eigenvalue weighted by atomic mass is 35.5. The minimum Gasteiger partial charge on any atom is -0.338 e. The van der Waals surface area contributed by atoms with E-state index in [1.165, 1.54) is 6.07 Å². The van der Waals surface area contributed by atoms with Crippen LogP contribution in [0.2, 0.25) is 10.0 Å². The van der Waals surface area contributed by atoms with Gasteiger partial charge in [0.2, 0.25) is 5.91 Å². The molecule has 0 unspecified atom stereocenters. The summed E-state index contributed by atoms with van der Waals surface area (Å²) in [7, 11) is 0. The molecule has 3 aliphatic rings. The molecule has 0 spiro atoms. The third-order valence-electron chi connectivity index (χ3n) is 6.77. The molecule has 3 fully saturated rings. The zero-order chi connectivity index (χ0) is 22.1. The summed E-state index contributed by atoms with van der Waals surface area (Å²) in [5.41, 5.74) is -0.621. The second-order valence-corrected chi connectivity index (χ2v) is 11.1. The van der Waals surface area contributed by atoms with Gasteiger partial charge in [-0.1, -0.05) is 50.0 Å². The molecule has 2 aliphatic heterocycles. The van der Waals surface area contributed by atoms with Gasteiger partial charge in [-0.2, -0.15) is 0 Å². The molecule has 0 aromatic heterocycles. The predicted molar refractivity (Wildman–Crippen MR) is 115 cm³/mol. The molecule has 162 valence electrons. The zero-order valence-electron chi connectivity index (χ0n) is 17.7. The van der Waals surface area contributed by atoms with Crippen molar-refractivity contribution in [3.05, 3.63) is 33.8 Å². The summed E-state index contributed by atoms with van der Waals surface area (Å²) in [6.07, 6.45) is 2.98. The van der Waals surface area contributed by atoms with E-state index in [1.54, 1.807) is 19.1 Å². The topological polar surface area (TPSA) is 69.7 Å². The van der Waals surface area contributed by atoms with E-state index < -0.39 is 17.5 Å². The summed E-state index contributed by atoms with van der Waals surface area (Å²) in [5.74, 6) is -0.671. The van der Waals surface area contributed by atoms with Crippen molar-refractivity contribution in [2.45, 2.75) is 58.5 Å². The lowest BCUT2D eigenvalue weighted by Crippen LogP contribution is -2.46. The van der Waals surface area contributed by atoms with Crippen LogP contribution >= 0.6 is 23.2 Å². The van der Waals surface area contributed by atoms with Crippen LogP contribution in [0.25, 0.3) is 0 Å². The lowest BCUT2D eigenvalue weighted by Gasteiger charge is -2.39. The molecule has 0 radical (unpaired) electrons. The second kappa shape index (κ2) is 6.86. The van der Waals surface area contributed by atoms with Crippen molar-refractivity contribution in [3.63, 3.8) is 0 Å². The number of likely N-dealkylation sites (tertiary alicyclic amines) is 1. The molecule has 1 aromatic carbocycles. The predicted octanol–water partition coefficient (Wildman–Crippen LogP) is 4.19. The Balaban J connectivity index is 1.54. The third kappa shape index (κ3) is 3.48. The van der Waals surface area contributed by atoms with E-state index in [-0.39, 0.29) is 34.3 Å². The van der Waals surface area contributed by atoms with E-state index in [0.29, 0.717) is 17.1 Å². The number of carbonyl (C=O) groups excluding carboxylic acids is 3. The fourth-order valence-electron chi connectivity index (χ4n) is 5.90. The molecule has 4 amide bonds. The number of benzene rings is 1. The van der Waals surface area contributed by atoms with Crippen LogP contribution in [-0.2, 0) is 15.1 Å². The van der Waals surface area contributed by atoms with Crippen LogP contribution in [0.15, 0.2) is 18.2 Å². The summed E-state index contributed by atoms with van der Waals surface area (Å²) in [6, 6.07) is 4.35. The first-order valence-electron chi connectivity index (χ1n) is 10.2. The van der Waals surface area contributed by atoms with E-state index >= 15 is 0 Å². The first-order chi connectivity index (χ1) is 13.8. The van der Waals surface area contributed by atoms with Gasteiger partial charge in [-0.25, -0.2) is 4.79 Å². The SMILES string of the molecule is CC1(C)C[C@H]2C[C@@](C)(CN2C(=O)CN2C(=O)N[C@@](C)(c3ccc(Cl)cc3Cl)C2=O)C1. The molecule has 8 heteroatoms. The van der Waals surface area contributed by atoms with Crippen molar-refractivity contribution in [2.75, 3.05) is 13.1 Å². The van der Waals surface area contributed by atoms with Crippen molar-refractivity contribution in [1.29, 1.82) is 0 Å². The largest absolute Gasteiger partial charge is 0.338 e. The lowest BCUT2D eigenvalue weighted by molar-refractivity contribution is -0.139. The normalized spacial score (nSPS) is 32.5. The number of carbonyl (C=O) groups is 3. The Morgan fingerprint density at radius 1 is 1.17 bits per heavy atom. The quantitative estimate of drug-likeness (QED) is 0.700. The minimum atomic E-state index is -1.34.